The molecular weight excluding hydrogens is 414 g/mol. The van der Waals surface area contributed by atoms with E-state index >= 15 is 0 Å². The lowest BCUT2D eigenvalue weighted by Crippen LogP contribution is -2.02. The van der Waals surface area contributed by atoms with Gasteiger partial charge in [0.1, 0.15) is 11.3 Å². The van der Waals surface area contributed by atoms with Gasteiger partial charge in [0, 0.05) is 17.3 Å². The van der Waals surface area contributed by atoms with E-state index in [1.807, 2.05) is 53.2 Å². The molecule has 2 N–H and O–H groups in total. The molecule has 0 aliphatic rings. The first-order valence-electron chi connectivity index (χ1n) is 9.46. The number of fused-ring (bicyclic) bond motifs is 2. The molecule has 0 aliphatic carbocycles. The molecule has 9 heteroatoms. The van der Waals surface area contributed by atoms with Crippen molar-refractivity contribution in [2.75, 3.05) is 12.4 Å². The monoisotopic (exact) mass is 431 g/mol. The third-order valence-electron chi connectivity index (χ3n) is 4.94. The number of aromatic nitrogens is 4. The topological polar surface area (TPSA) is 102 Å². The second kappa shape index (κ2) is 7.69. The largest absolute Gasteiger partial charge is 0.497 e. The van der Waals surface area contributed by atoms with Gasteiger partial charge in [0.25, 0.3) is 0 Å². The predicted octanol–water partition coefficient (Wildman–Crippen LogP) is 4.54. The van der Waals surface area contributed by atoms with E-state index in [2.05, 4.69) is 14.7 Å². The van der Waals surface area contributed by atoms with Crippen molar-refractivity contribution in [3.8, 4) is 5.75 Å². The van der Waals surface area contributed by atoms with Crippen molar-refractivity contribution in [1.29, 1.82) is 0 Å². The molecule has 5 rings (SSSR count). The maximum absolute atomic E-state index is 11.3. The van der Waals surface area contributed by atoms with E-state index in [0.717, 1.165) is 44.3 Å². The number of nitrogens with one attached hydrogen (secondary N) is 1. The highest BCUT2D eigenvalue weighted by atomic mass is 32.1. The lowest BCUT2D eigenvalue weighted by molar-refractivity contribution is 0.0694. The number of carbonyl (C=O) groups is 1. The lowest BCUT2D eigenvalue weighted by Gasteiger charge is -2.05. The number of methoxy groups -OCH3 is 1. The van der Waals surface area contributed by atoms with Crippen LogP contribution < -0.4 is 10.1 Å². The van der Waals surface area contributed by atoms with E-state index in [0.29, 0.717) is 17.7 Å². The summed E-state index contributed by atoms with van der Waals surface area (Å²) < 4.78 is 11.9. The average molecular weight is 431 g/mol. The van der Waals surface area contributed by atoms with Gasteiger partial charge in [0.2, 0.25) is 0 Å². The Kier molecular flexibility index (Phi) is 4.72. The second-order valence-electron chi connectivity index (χ2n) is 6.90. The van der Waals surface area contributed by atoms with Gasteiger partial charge < -0.3 is 15.2 Å². The van der Waals surface area contributed by atoms with Crippen LogP contribution in [0, 0.1) is 0 Å². The summed E-state index contributed by atoms with van der Waals surface area (Å²) >= 11 is 1.16. The number of rotatable bonds is 6. The maximum atomic E-state index is 11.3. The van der Waals surface area contributed by atoms with Gasteiger partial charge in [-0.25, -0.2) is 4.79 Å². The van der Waals surface area contributed by atoms with Crippen molar-refractivity contribution in [2.24, 2.45) is 0 Å². The molecule has 0 atom stereocenters. The van der Waals surface area contributed by atoms with Gasteiger partial charge in [-0.05, 0) is 59.6 Å². The molecule has 0 radical (unpaired) electrons. The van der Waals surface area contributed by atoms with E-state index in [-0.39, 0.29) is 5.69 Å². The summed E-state index contributed by atoms with van der Waals surface area (Å²) in [5.41, 5.74) is 3.62. The van der Waals surface area contributed by atoms with Gasteiger partial charge in [-0.1, -0.05) is 12.1 Å². The summed E-state index contributed by atoms with van der Waals surface area (Å²) in [6, 6.07) is 17.2. The zero-order valence-electron chi connectivity index (χ0n) is 16.4. The van der Waals surface area contributed by atoms with Crippen LogP contribution in [0.2, 0.25) is 0 Å². The summed E-state index contributed by atoms with van der Waals surface area (Å²) in [5.74, 6) is 0.411. The quantitative estimate of drug-likeness (QED) is 0.407. The van der Waals surface area contributed by atoms with Gasteiger partial charge in [0.05, 0.1) is 23.9 Å². The molecule has 0 saturated carbocycles. The van der Waals surface area contributed by atoms with Gasteiger partial charge in [-0.15, -0.1) is 0 Å². The highest BCUT2D eigenvalue weighted by Crippen LogP contribution is 2.29. The number of carboxylic acids is 1. The number of benzene rings is 2. The zero-order chi connectivity index (χ0) is 21.4. The Hall–Kier alpha value is -3.98. The summed E-state index contributed by atoms with van der Waals surface area (Å²) in [4.78, 5) is 15.8. The van der Waals surface area contributed by atoms with Crippen molar-refractivity contribution in [1.82, 2.24) is 19.1 Å². The predicted molar refractivity (Wildman–Crippen MR) is 119 cm³/mol. The van der Waals surface area contributed by atoms with Crippen molar-refractivity contribution in [3.63, 3.8) is 0 Å². The fraction of sp³-hybridized carbons (Fsp3) is 0.0909. The molecule has 0 amide bonds. The standard InChI is InChI=1S/C22H17N5O3S/c1-30-15-7-4-13(5-8-15)12-27-17-3-2-10-23-20(17)21(25-27)24-14-6-9-16-18(11-14)31-26-19(16)22(28)29/h2-11H,12H2,1H3,(H,24,25)(H,28,29). The van der Waals surface area contributed by atoms with Crippen molar-refractivity contribution in [2.45, 2.75) is 6.54 Å². The van der Waals surface area contributed by atoms with Crippen LogP contribution in [0.15, 0.2) is 60.8 Å². The minimum absolute atomic E-state index is 0.0717. The molecule has 0 saturated heterocycles. The molecule has 0 bridgehead atoms. The SMILES string of the molecule is COc1ccc(Cn2nc(Nc3ccc4c(C(=O)O)nsc4c3)c3ncccc32)cc1. The van der Waals surface area contributed by atoms with Crippen LogP contribution >= 0.6 is 11.5 Å². The Morgan fingerprint density at radius 1 is 1.19 bits per heavy atom. The lowest BCUT2D eigenvalue weighted by atomic mass is 10.2. The van der Waals surface area contributed by atoms with Gasteiger partial charge in [-0.2, -0.15) is 9.47 Å². The highest BCUT2D eigenvalue weighted by molar-refractivity contribution is 7.13. The molecule has 3 heterocycles. The minimum atomic E-state index is -1.03. The molecule has 0 spiro atoms. The first-order valence-corrected chi connectivity index (χ1v) is 10.2. The van der Waals surface area contributed by atoms with Crippen molar-refractivity contribution < 1.29 is 14.6 Å². The number of pyridine rings is 1. The molecule has 154 valence electrons. The Bertz CT molecular complexity index is 1410. The summed E-state index contributed by atoms with van der Waals surface area (Å²) in [6.07, 6.45) is 1.73. The van der Waals surface area contributed by atoms with Gasteiger partial charge in [0.15, 0.2) is 11.5 Å². The van der Waals surface area contributed by atoms with Gasteiger partial charge in [-0.3, -0.25) is 9.67 Å². The third-order valence-corrected chi connectivity index (χ3v) is 5.75. The second-order valence-corrected chi connectivity index (χ2v) is 7.70. The number of hydrogen-bond donors (Lipinski definition) is 2. The third kappa shape index (κ3) is 3.55. The number of carboxylic acid groups (broad SMARTS) is 1. The van der Waals surface area contributed by atoms with Crippen LogP contribution in [-0.2, 0) is 6.54 Å². The van der Waals surface area contributed by atoms with Crippen LogP contribution in [-0.4, -0.2) is 37.3 Å². The molecule has 8 nitrogen and oxygen atoms in total. The van der Waals surface area contributed by atoms with E-state index < -0.39 is 5.97 Å². The molecular formula is C22H17N5O3S. The number of anilines is 2. The van der Waals surface area contributed by atoms with Crippen LogP contribution in [0.1, 0.15) is 16.1 Å². The summed E-state index contributed by atoms with van der Waals surface area (Å²) in [6.45, 7) is 0.587. The minimum Gasteiger partial charge on any atom is -0.497 e. The Morgan fingerprint density at radius 2 is 2.03 bits per heavy atom. The Balaban J connectivity index is 1.48. The molecule has 5 aromatic rings. The number of hydrogen-bond acceptors (Lipinski definition) is 7. The first kappa shape index (κ1) is 19.0. The van der Waals surface area contributed by atoms with Crippen LogP contribution in [0.25, 0.3) is 21.1 Å². The molecule has 3 aromatic heterocycles. The van der Waals surface area contributed by atoms with Crippen LogP contribution in [0.3, 0.4) is 0 Å². The average Bonchev–Trinajstić information content (AvgIpc) is 3.36. The van der Waals surface area contributed by atoms with E-state index in [1.54, 1.807) is 19.4 Å². The maximum Gasteiger partial charge on any atom is 0.356 e. The number of aromatic carboxylic acids is 1. The molecule has 2 aromatic carbocycles. The molecule has 0 fully saturated rings. The Labute approximate surface area is 180 Å². The van der Waals surface area contributed by atoms with Crippen LogP contribution in [0.4, 0.5) is 11.5 Å². The zero-order valence-corrected chi connectivity index (χ0v) is 17.3. The van der Waals surface area contributed by atoms with Crippen molar-refractivity contribution >= 4 is 50.1 Å². The molecule has 0 aliphatic heterocycles. The fourth-order valence-corrected chi connectivity index (χ4v) is 4.23. The fourth-order valence-electron chi connectivity index (χ4n) is 3.42. The van der Waals surface area contributed by atoms with Crippen molar-refractivity contribution in [3.05, 3.63) is 72.1 Å². The smallest absolute Gasteiger partial charge is 0.356 e. The first-order chi connectivity index (χ1) is 15.1. The highest BCUT2D eigenvalue weighted by Gasteiger charge is 2.15. The Morgan fingerprint density at radius 3 is 2.81 bits per heavy atom. The molecule has 0 unspecified atom stereocenters. The number of ether oxygens (including phenoxy) is 1. The van der Waals surface area contributed by atoms with Gasteiger partial charge >= 0.3 is 5.97 Å². The van der Waals surface area contributed by atoms with E-state index in [4.69, 9.17) is 9.84 Å². The number of nitrogens with zero attached hydrogens (tertiary/aromatic N) is 4. The van der Waals surface area contributed by atoms with E-state index in [1.165, 1.54) is 0 Å². The summed E-state index contributed by atoms with van der Waals surface area (Å²) in [5, 5.41) is 17.9. The summed E-state index contributed by atoms with van der Waals surface area (Å²) in [7, 11) is 1.64. The molecule has 31 heavy (non-hydrogen) atoms. The van der Waals surface area contributed by atoms with Crippen LogP contribution in [0.5, 0.6) is 5.75 Å². The van der Waals surface area contributed by atoms with E-state index in [9.17, 15) is 9.90 Å². The normalized spacial score (nSPS) is 11.1.